The van der Waals surface area contributed by atoms with E-state index in [0.29, 0.717) is 12.2 Å². The van der Waals surface area contributed by atoms with Crippen LogP contribution in [-0.2, 0) is 20.9 Å². The molecule has 0 unspecified atom stereocenters. The Hall–Kier alpha value is -3.10. The molecule has 110 valence electrons. The summed E-state index contributed by atoms with van der Waals surface area (Å²) < 4.78 is 4.45. The van der Waals surface area contributed by atoms with Crippen molar-refractivity contribution in [1.29, 1.82) is 0 Å². The summed E-state index contributed by atoms with van der Waals surface area (Å²) in [6.45, 7) is 0.313. The summed E-state index contributed by atoms with van der Waals surface area (Å²) in [5.41, 5.74) is 11.8. The standard InChI is InChI=1S/C12H14N6O3/c1-21-12(20)10-17-15-9(16-18-10)11(19)14-6-7-2-4-8(13)5-3-7/h2-5H,6,13H2,1H3,(H,14,19)(H,15,16)(H,17,18). The summed E-state index contributed by atoms with van der Waals surface area (Å²) in [5, 5.41) is 9.99. The highest BCUT2D eigenvalue weighted by Crippen LogP contribution is 2.04. The maximum Gasteiger partial charge on any atom is 0.377 e. The van der Waals surface area contributed by atoms with Crippen molar-refractivity contribution < 1.29 is 14.3 Å². The molecular weight excluding hydrogens is 276 g/mol. The molecule has 0 spiro atoms. The molecule has 21 heavy (non-hydrogen) atoms. The van der Waals surface area contributed by atoms with Crippen LogP contribution in [0.25, 0.3) is 0 Å². The van der Waals surface area contributed by atoms with Gasteiger partial charge in [-0.1, -0.05) is 12.1 Å². The van der Waals surface area contributed by atoms with Gasteiger partial charge in [-0.15, -0.1) is 10.2 Å². The summed E-state index contributed by atoms with van der Waals surface area (Å²) in [6.07, 6.45) is 0. The molecule has 0 aromatic heterocycles. The predicted molar refractivity (Wildman–Crippen MR) is 75.9 cm³/mol. The van der Waals surface area contributed by atoms with Crippen molar-refractivity contribution in [3.63, 3.8) is 0 Å². The molecule has 2 rings (SSSR count). The maximum absolute atomic E-state index is 11.8. The van der Waals surface area contributed by atoms with Crippen LogP contribution in [0, 0.1) is 0 Å². The number of esters is 1. The topological polar surface area (TPSA) is 130 Å². The Balaban J connectivity index is 1.86. The summed E-state index contributed by atoms with van der Waals surface area (Å²) in [7, 11) is 1.21. The third-order valence-electron chi connectivity index (χ3n) is 2.57. The predicted octanol–water partition coefficient (Wildman–Crippen LogP) is -1.12. The Morgan fingerprint density at radius 2 is 1.81 bits per heavy atom. The minimum atomic E-state index is -0.687. The Labute approximate surface area is 120 Å². The van der Waals surface area contributed by atoms with Gasteiger partial charge in [0.2, 0.25) is 5.84 Å². The number of benzene rings is 1. The van der Waals surface area contributed by atoms with Crippen LogP contribution in [0.5, 0.6) is 0 Å². The number of carbonyl (C=O) groups excluding carboxylic acids is 2. The number of nitrogen functional groups attached to an aromatic ring is 1. The normalized spacial score (nSPS) is 13.2. The van der Waals surface area contributed by atoms with Crippen molar-refractivity contribution in [2.24, 2.45) is 10.2 Å². The number of hydrazone groups is 2. The Morgan fingerprint density at radius 1 is 1.19 bits per heavy atom. The summed E-state index contributed by atoms with van der Waals surface area (Å²) in [6, 6.07) is 7.09. The molecular formula is C12H14N6O3. The van der Waals surface area contributed by atoms with Gasteiger partial charge < -0.3 is 15.8 Å². The first kappa shape index (κ1) is 14.3. The van der Waals surface area contributed by atoms with Crippen LogP contribution >= 0.6 is 0 Å². The van der Waals surface area contributed by atoms with E-state index < -0.39 is 11.9 Å². The molecule has 9 nitrogen and oxygen atoms in total. The van der Waals surface area contributed by atoms with Crippen LogP contribution in [0.2, 0.25) is 0 Å². The van der Waals surface area contributed by atoms with Crippen molar-refractivity contribution in [3.8, 4) is 0 Å². The summed E-state index contributed by atoms with van der Waals surface area (Å²) in [5.74, 6) is -1.34. The number of methoxy groups -OCH3 is 1. The van der Waals surface area contributed by atoms with Crippen molar-refractivity contribution in [2.45, 2.75) is 6.54 Å². The lowest BCUT2D eigenvalue weighted by molar-refractivity contribution is -0.133. The van der Waals surface area contributed by atoms with Gasteiger partial charge >= 0.3 is 5.97 Å². The largest absolute Gasteiger partial charge is 0.463 e. The van der Waals surface area contributed by atoms with Gasteiger partial charge in [0.1, 0.15) is 0 Å². The SMILES string of the molecule is COC(=O)C1=NNC(C(=O)NCc2ccc(N)cc2)=NN1. The van der Waals surface area contributed by atoms with Crippen LogP contribution in [-0.4, -0.2) is 30.7 Å². The van der Waals surface area contributed by atoms with Crippen LogP contribution in [0.1, 0.15) is 5.56 Å². The first-order valence-corrected chi connectivity index (χ1v) is 5.98. The second-order valence-electron chi connectivity index (χ2n) is 4.06. The van der Waals surface area contributed by atoms with E-state index in [-0.39, 0.29) is 11.7 Å². The zero-order valence-corrected chi connectivity index (χ0v) is 11.2. The third-order valence-corrected chi connectivity index (χ3v) is 2.57. The van der Waals surface area contributed by atoms with Crippen LogP contribution in [0.15, 0.2) is 34.5 Å². The Kier molecular flexibility index (Phi) is 4.34. The van der Waals surface area contributed by atoms with Crippen LogP contribution in [0.4, 0.5) is 5.69 Å². The quantitative estimate of drug-likeness (QED) is 0.410. The minimum absolute atomic E-state index is 0.0573. The molecule has 5 N–H and O–H groups in total. The van der Waals surface area contributed by atoms with Gasteiger partial charge in [0.25, 0.3) is 11.7 Å². The zero-order valence-electron chi connectivity index (χ0n) is 11.2. The van der Waals surface area contributed by atoms with E-state index in [9.17, 15) is 9.59 Å². The third kappa shape index (κ3) is 3.69. The van der Waals surface area contributed by atoms with Crippen molar-refractivity contribution >= 4 is 29.2 Å². The average Bonchev–Trinajstić information content (AvgIpc) is 2.53. The van der Waals surface area contributed by atoms with Gasteiger partial charge in [0.05, 0.1) is 7.11 Å². The number of anilines is 1. The highest BCUT2D eigenvalue weighted by atomic mass is 16.5. The summed E-state index contributed by atoms with van der Waals surface area (Å²) >= 11 is 0. The van der Waals surface area contributed by atoms with E-state index in [1.165, 1.54) is 7.11 Å². The van der Waals surface area contributed by atoms with Gasteiger partial charge in [-0.25, -0.2) is 4.79 Å². The van der Waals surface area contributed by atoms with E-state index in [0.717, 1.165) is 5.56 Å². The molecule has 1 aromatic carbocycles. The molecule has 0 saturated heterocycles. The fraction of sp³-hybridized carbons (Fsp3) is 0.167. The zero-order chi connectivity index (χ0) is 15.2. The fourth-order valence-electron chi connectivity index (χ4n) is 1.46. The average molecular weight is 290 g/mol. The van der Waals surface area contributed by atoms with E-state index in [1.54, 1.807) is 24.3 Å². The number of carbonyl (C=O) groups is 2. The second kappa shape index (κ2) is 6.37. The first-order valence-electron chi connectivity index (χ1n) is 5.98. The highest BCUT2D eigenvalue weighted by Gasteiger charge is 2.19. The van der Waals surface area contributed by atoms with Gasteiger partial charge in [-0.3, -0.25) is 15.6 Å². The molecule has 0 saturated carbocycles. The van der Waals surface area contributed by atoms with Crippen LogP contribution in [0.3, 0.4) is 0 Å². The molecule has 0 fully saturated rings. The number of nitrogens with zero attached hydrogens (tertiary/aromatic N) is 2. The number of nitrogens with one attached hydrogen (secondary N) is 3. The molecule has 1 heterocycles. The van der Waals surface area contributed by atoms with Gasteiger partial charge in [-0.2, -0.15) is 0 Å². The molecule has 9 heteroatoms. The number of nitrogens with two attached hydrogens (primary N) is 1. The van der Waals surface area contributed by atoms with Crippen LogP contribution < -0.4 is 21.9 Å². The van der Waals surface area contributed by atoms with E-state index in [4.69, 9.17) is 5.73 Å². The molecule has 1 amide bonds. The first-order chi connectivity index (χ1) is 10.1. The van der Waals surface area contributed by atoms with Gasteiger partial charge in [0, 0.05) is 12.2 Å². The number of hydrogen-bond acceptors (Lipinski definition) is 8. The lowest BCUT2D eigenvalue weighted by Gasteiger charge is -2.13. The number of hydrogen-bond donors (Lipinski definition) is 4. The number of amides is 1. The minimum Gasteiger partial charge on any atom is -0.463 e. The maximum atomic E-state index is 11.8. The Bertz CT molecular complexity index is 608. The highest BCUT2D eigenvalue weighted by molar-refractivity contribution is 6.41. The fourth-order valence-corrected chi connectivity index (χ4v) is 1.46. The van der Waals surface area contributed by atoms with E-state index >= 15 is 0 Å². The van der Waals surface area contributed by atoms with Crippen molar-refractivity contribution in [3.05, 3.63) is 29.8 Å². The lowest BCUT2D eigenvalue weighted by atomic mass is 10.2. The number of amidine groups is 2. The number of rotatable bonds is 4. The smallest absolute Gasteiger partial charge is 0.377 e. The molecule has 1 aliphatic rings. The molecule has 1 aromatic rings. The second-order valence-corrected chi connectivity index (χ2v) is 4.06. The van der Waals surface area contributed by atoms with Gasteiger partial charge in [-0.05, 0) is 17.7 Å². The molecule has 1 aliphatic heterocycles. The van der Waals surface area contributed by atoms with Crippen molar-refractivity contribution in [1.82, 2.24) is 16.2 Å². The Morgan fingerprint density at radius 3 is 2.38 bits per heavy atom. The van der Waals surface area contributed by atoms with Crippen molar-refractivity contribution in [2.75, 3.05) is 12.8 Å². The van der Waals surface area contributed by atoms with E-state index in [1.807, 2.05) is 0 Å². The monoisotopic (exact) mass is 290 g/mol. The molecule has 0 atom stereocenters. The molecule has 0 bridgehead atoms. The lowest BCUT2D eigenvalue weighted by Crippen LogP contribution is -2.45. The van der Waals surface area contributed by atoms with Gasteiger partial charge in [0.15, 0.2) is 0 Å². The summed E-state index contributed by atoms with van der Waals surface area (Å²) in [4.78, 5) is 23.0. The molecule has 0 radical (unpaired) electrons. The molecule has 0 aliphatic carbocycles. The number of ether oxygens (including phenoxy) is 1. The van der Waals surface area contributed by atoms with E-state index in [2.05, 4.69) is 31.1 Å².